The number of unbranched alkanes of at least 4 members (excludes halogenated alkanes) is 3. The summed E-state index contributed by atoms with van der Waals surface area (Å²) < 4.78 is 0. The molecule has 0 aliphatic carbocycles. The van der Waals surface area contributed by atoms with E-state index >= 15 is 0 Å². The van der Waals surface area contributed by atoms with Gasteiger partial charge in [0, 0.05) is 37.9 Å². The van der Waals surface area contributed by atoms with Crippen molar-refractivity contribution in [3.8, 4) is 0 Å². The molecule has 38 heavy (non-hydrogen) atoms. The molecule has 0 aromatic carbocycles. The number of hydrogen-bond acceptors (Lipinski definition) is 6. The zero-order chi connectivity index (χ0) is 29.2. The zero-order valence-corrected chi connectivity index (χ0v) is 24.8. The minimum atomic E-state index is -1.61. The number of carbonyl (C=O) groups is 2. The lowest BCUT2D eigenvalue weighted by atomic mass is 9.87. The van der Waals surface area contributed by atoms with E-state index in [-0.39, 0.29) is 37.4 Å². The molecular weight excluding hydrogens is 484 g/mol. The molecule has 0 rings (SSSR count). The summed E-state index contributed by atoms with van der Waals surface area (Å²) in [5.74, 6) is 0.338. The van der Waals surface area contributed by atoms with Gasteiger partial charge in [0.15, 0.2) is 6.10 Å². The van der Waals surface area contributed by atoms with Gasteiger partial charge in [-0.3, -0.25) is 19.6 Å². The fraction of sp³-hybridized carbons (Fsp3) is 0.857. The Morgan fingerprint density at radius 1 is 0.842 bits per heavy atom. The van der Waals surface area contributed by atoms with E-state index in [0.717, 1.165) is 63.7 Å². The number of hydrogen-bond donors (Lipinski definition) is 6. The van der Waals surface area contributed by atoms with Crippen LogP contribution in [0.25, 0.3) is 0 Å². The number of aliphatic hydroxyl groups excluding tert-OH is 2. The summed E-state index contributed by atoms with van der Waals surface area (Å²) in [7, 11) is 0. The van der Waals surface area contributed by atoms with Gasteiger partial charge in [-0.15, -0.1) is 0 Å². The Balaban J connectivity index is 4.01. The van der Waals surface area contributed by atoms with Crippen molar-refractivity contribution in [2.75, 3.05) is 19.6 Å². The van der Waals surface area contributed by atoms with Crippen LogP contribution in [-0.4, -0.2) is 71.1 Å². The minimum absolute atomic E-state index is 0.0119. The standard InChI is InChI=1S/C28H56N6O4/c1-7-27(3,4)17-18-31-22(29)13-11-9-10-12-14-23(30)32-19-20-33-26(38)25(37)21(35)15-16-24(36)34-28(5,6)8-2/h21,25,35,37H,7-20H2,1-6H3,(H2,29,31)(H2,30,32)(H,33,38)(H,34,36). The van der Waals surface area contributed by atoms with Crippen molar-refractivity contribution < 1.29 is 19.8 Å². The van der Waals surface area contributed by atoms with Gasteiger partial charge >= 0.3 is 0 Å². The maximum absolute atomic E-state index is 12.1. The van der Waals surface area contributed by atoms with E-state index in [1.807, 2.05) is 20.8 Å². The first kappa shape index (κ1) is 35.8. The first-order valence-corrected chi connectivity index (χ1v) is 14.3. The normalized spacial score (nSPS) is 14.7. The fourth-order valence-corrected chi connectivity index (χ4v) is 3.43. The van der Waals surface area contributed by atoms with E-state index in [0.29, 0.717) is 17.7 Å². The van der Waals surface area contributed by atoms with Crippen LogP contribution in [0, 0.1) is 5.41 Å². The molecule has 0 radical (unpaired) electrons. The van der Waals surface area contributed by atoms with Gasteiger partial charge in [0.25, 0.3) is 5.91 Å². The lowest BCUT2D eigenvalue weighted by Gasteiger charge is -2.25. The van der Waals surface area contributed by atoms with Crippen LogP contribution in [0.2, 0.25) is 0 Å². The van der Waals surface area contributed by atoms with Crippen molar-refractivity contribution >= 4 is 23.5 Å². The van der Waals surface area contributed by atoms with Crippen LogP contribution >= 0.6 is 0 Å². The van der Waals surface area contributed by atoms with E-state index in [1.54, 1.807) is 0 Å². The van der Waals surface area contributed by atoms with Gasteiger partial charge in [0.2, 0.25) is 5.91 Å². The fourth-order valence-electron chi connectivity index (χ4n) is 3.43. The molecule has 2 unspecified atom stereocenters. The summed E-state index contributed by atoms with van der Waals surface area (Å²) in [6.45, 7) is 13.8. The van der Waals surface area contributed by atoms with Gasteiger partial charge in [0.05, 0.1) is 24.3 Å². The van der Waals surface area contributed by atoms with Crippen LogP contribution in [0.4, 0.5) is 0 Å². The Bertz CT molecular complexity index is 752. The van der Waals surface area contributed by atoms with Crippen molar-refractivity contribution in [1.82, 2.24) is 10.6 Å². The first-order chi connectivity index (χ1) is 17.7. The molecule has 10 nitrogen and oxygen atoms in total. The number of amidine groups is 2. The SMILES string of the molecule is CCC(C)(C)CCN=C(N)CCCCCCC(N)=NCCNC(=O)C(O)C(O)CCC(=O)NC(C)(C)CC. The maximum atomic E-state index is 12.1. The van der Waals surface area contributed by atoms with E-state index in [9.17, 15) is 19.8 Å². The molecule has 10 heteroatoms. The van der Waals surface area contributed by atoms with Crippen LogP contribution in [0.1, 0.15) is 112 Å². The summed E-state index contributed by atoms with van der Waals surface area (Å²) in [4.78, 5) is 32.8. The number of nitrogens with zero attached hydrogens (tertiary/aromatic N) is 2. The van der Waals surface area contributed by atoms with Gasteiger partial charge in [-0.05, 0) is 51.4 Å². The van der Waals surface area contributed by atoms with Crippen molar-refractivity contribution in [2.24, 2.45) is 26.9 Å². The van der Waals surface area contributed by atoms with E-state index in [4.69, 9.17) is 11.5 Å². The zero-order valence-electron chi connectivity index (χ0n) is 24.8. The molecule has 0 saturated carbocycles. The molecule has 222 valence electrons. The second-order valence-corrected chi connectivity index (χ2v) is 11.6. The molecule has 0 heterocycles. The molecule has 2 amide bonds. The highest BCUT2D eigenvalue weighted by Gasteiger charge is 2.25. The second kappa shape index (κ2) is 19.0. The first-order valence-electron chi connectivity index (χ1n) is 14.3. The van der Waals surface area contributed by atoms with E-state index in [1.165, 1.54) is 0 Å². The Labute approximate surface area is 230 Å². The minimum Gasteiger partial charge on any atom is -0.390 e. The van der Waals surface area contributed by atoms with E-state index < -0.39 is 18.1 Å². The molecule has 2 atom stereocenters. The summed E-state index contributed by atoms with van der Waals surface area (Å²) in [6.07, 6.45) is 5.55. The molecule has 0 spiro atoms. The maximum Gasteiger partial charge on any atom is 0.251 e. The van der Waals surface area contributed by atoms with Crippen molar-refractivity contribution in [3.05, 3.63) is 0 Å². The molecule has 0 bridgehead atoms. The Morgan fingerprint density at radius 2 is 1.39 bits per heavy atom. The average Bonchev–Trinajstić information content (AvgIpc) is 2.86. The molecular formula is C28H56N6O4. The van der Waals surface area contributed by atoms with Gasteiger partial charge in [-0.25, -0.2) is 0 Å². The summed E-state index contributed by atoms with van der Waals surface area (Å²) in [5.41, 5.74) is 11.9. The van der Waals surface area contributed by atoms with Crippen LogP contribution in [0.15, 0.2) is 9.98 Å². The number of nitrogens with one attached hydrogen (secondary N) is 2. The highest BCUT2D eigenvalue weighted by atomic mass is 16.3. The van der Waals surface area contributed by atoms with Gasteiger partial charge in [-0.2, -0.15) is 0 Å². The van der Waals surface area contributed by atoms with Crippen LogP contribution in [0.5, 0.6) is 0 Å². The molecule has 0 aromatic heterocycles. The highest BCUT2D eigenvalue weighted by Crippen LogP contribution is 2.24. The second-order valence-electron chi connectivity index (χ2n) is 11.6. The van der Waals surface area contributed by atoms with Crippen LogP contribution in [0.3, 0.4) is 0 Å². The third-order valence-electron chi connectivity index (χ3n) is 7.06. The Hall–Kier alpha value is -2.20. The Morgan fingerprint density at radius 3 is 1.92 bits per heavy atom. The molecule has 0 aromatic rings. The molecule has 8 N–H and O–H groups in total. The summed E-state index contributed by atoms with van der Waals surface area (Å²) in [5, 5.41) is 25.5. The third kappa shape index (κ3) is 18.1. The van der Waals surface area contributed by atoms with Crippen molar-refractivity contribution in [3.63, 3.8) is 0 Å². The highest BCUT2D eigenvalue weighted by molar-refractivity contribution is 5.82. The quantitative estimate of drug-likeness (QED) is 0.0741. The summed E-state index contributed by atoms with van der Waals surface area (Å²) in [6, 6.07) is 0. The molecule has 0 aliphatic rings. The van der Waals surface area contributed by atoms with Crippen LogP contribution < -0.4 is 22.1 Å². The number of aliphatic hydroxyl groups is 2. The monoisotopic (exact) mass is 540 g/mol. The summed E-state index contributed by atoms with van der Waals surface area (Å²) >= 11 is 0. The molecule has 0 aliphatic heterocycles. The largest absolute Gasteiger partial charge is 0.390 e. The van der Waals surface area contributed by atoms with Gasteiger partial charge < -0.3 is 32.3 Å². The van der Waals surface area contributed by atoms with Crippen LogP contribution in [-0.2, 0) is 9.59 Å². The third-order valence-corrected chi connectivity index (χ3v) is 7.06. The number of rotatable bonds is 21. The topological polar surface area (TPSA) is 175 Å². The van der Waals surface area contributed by atoms with E-state index in [2.05, 4.69) is 41.4 Å². The number of nitrogens with two attached hydrogens (primary N) is 2. The molecule has 0 fully saturated rings. The smallest absolute Gasteiger partial charge is 0.251 e. The number of aliphatic imine (C=N–C) groups is 2. The number of carbonyl (C=O) groups excluding carboxylic acids is 2. The lowest BCUT2D eigenvalue weighted by molar-refractivity contribution is -0.136. The predicted octanol–water partition coefficient (Wildman–Crippen LogP) is 2.79. The predicted molar refractivity (Wildman–Crippen MR) is 156 cm³/mol. The average molecular weight is 541 g/mol. The Kier molecular flexibility index (Phi) is 17.9. The van der Waals surface area contributed by atoms with Crippen molar-refractivity contribution in [1.29, 1.82) is 0 Å². The molecule has 0 saturated heterocycles. The van der Waals surface area contributed by atoms with Gasteiger partial charge in [-0.1, -0.05) is 47.0 Å². The number of amides is 2. The van der Waals surface area contributed by atoms with Crippen molar-refractivity contribution in [2.45, 2.75) is 130 Å². The van der Waals surface area contributed by atoms with Gasteiger partial charge in [0.1, 0.15) is 0 Å². The lowest BCUT2D eigenvalue weighted by Crippen LogP contribution is -2.45.